The predicted octanol–water partition coefficient (Wildman–Crippen LogP) is 3.90. The Hall–Kier alpha value is -3.00. The number of amides is 2. The number of aromatic nitrogens is 2. The summed E-state index contributed by atoms with van der Waals surface area (Å²) in [5.41, 5.74) is 1.58. The molecule has 0 unspecified atom stereocenters. The molecule has 0 radical (unpaired) electrons. The number of alkyl halides is 1. The molecule has 0 saturated heterocycles. The summed E-state index contributed by atoms with van der Waals surface area (Å²) >= 11 is 5.90. The van der Waals surface area contributed by atoms with Gasteiger partial charge in [0.25, 0.3) is 5.91 Å². The number of likely N-dealkylation sites (N-methyl/N-ethyl adjacent to an activating group) is 1. The molecule has 0 fully saturated rings. The first-order valence-corrected chi connectivity index (χ1v) is 10.3. The second-order valence-electron chi connectivity index (χ2n) is 7.09. The number of nitrogens with zero attached hydrogens (tertiary/aromatic N) is 2. The standard InChI is InChI=1S/C22H23ClF2N4O2/c1-2-29(9-3-8-24)22(31)18(10-14-4-6-16(25)7-5-14)28-21(30)17-11-15-12-20(23)26-13-19(15)27-17/h4-7,11-13,18,27H,2-3,8-10H2,1H3,(H,28,30)/t18-/m0/s1. The third-order valence-corrected chi connectivity index (χ3v) is 5.13. The largest absolute Gasteiger partial charge is 0.349 e. The Kier molecular flexibility index (Phi) is 7.57. The molecule has 31 heavy (non-hydrogen) atoms. The number of carbonyl (C=O) groups is 2. The second-order valence-corrected chi connectivity index (χ2v) is 7.48. The molecule has 0 bridgehead atoms. The minimum atomic E-state index is -0.898. The van der Waals surface area contributed by atoms with Crippen LogP contribution < -0.4 is 5.32 Å². The Morgan fingerprint density at radius 1 is 1.26 bits per heavy atom. The summed E-state index contributed by atoms with van der Waals surface area (Å²) in [4.78, 5) is 34.4. The van der Waals surface area contributed by atoms with Gasteiger partial charge in [-0.1, -0.05) is 23.7 Å². The van der Waals surface area contributed by atoms with Crippen molar-refractivity contribution in [1.29, 1.82) is 0 Å². The van der Waals surface area contributed by atoms with E-state index < -0.39 is 18.6 Å². The van der Waals surface area contributed by atoms with Crippen molar-refractivity contribution in [1.82, 2.24) is 20.2 Å². The number of aromatic amines is 1. The molecule has 2 aromatic heterocycles. The highest BCUT2D eigenvalue weighted by atomic mass is 35.5. The van der Waals surface area contributed by atoms with E-state index in [1.165, 1.54) is 23.2 Å². The fourth-order valence-corrected chi connectivity index (χ4v) is 3.48. The first kappa shape index (κ1) is 22.7. The van der Waals surface area contributed by atoms with Gasteiger partial charge in [-0.3, -0.25) is 14.0 Å². The van der Waals surface area contributed by atoms with E-state index in [-0.39, 0.29) is 36.8 Å². The number of H-pyrrole nitrogens is 1. The van der Waals surface area contributed by atoms with Crippen LogP contribution >= 0.6 is 11.6 Å². The third-order valence-electron chi connectivity index (χ3n) is 4.93. The fraction of sp³-hybridized carbons (Fsp3) is 0.318. The molecule has 1 aromatic carbocycles. The van der Waals surface area contributed by atoms with Crippen LogP contribution in [0.3, 0.4) is 0 Å². The number of halogens is 3. The topological polar surface area (TPSA) is 78.1 Å². The van der Waals surface area contributed by atoms with Gasteiger partial charge >= 0.3 is 0 Å². The Morgan fingerprint density at radius 3 is 2.68 bits per heavy atom. The molecule has 0 aliphatic heterocycles. The lowest BCUT2D eigenvalue weighted by atomic mass is 10.0. The third kappa shape index (κ3) is 5.79. The Morgan fingerprint density at radius 2 is 2.00 bits per heavy atom. The summed E-state index contributed by atoms with van der Waals surface area (Å²) < 4.78 is 25.9. The van der Waals surface area contributed by atoms with E-state index in [4.69, 9.17) is 11.6 Å². The fourth-order valence-electron chi connectivity index (χ4n) is 3.31. The average molecular weight is 449 g/mol. The van der Waals surface area contributed by atoms with Crippen LogP contribution in [0.1, 0.15) is 29.4 Å². The van der Waals surface area contributed by atoms with E-state index in [1.54, 1.807) is 31.2 Å². The highest BCUT2D eigenvalue weighted by molar-refractivity contribution is 6.30. The molecule has 1 atom stereocenters. The maximum Gasteiger partial charge on any atom is 0.268 e. The second kappa shape index (κ2) is 10.3. The Labute approximate surface area is 183 Å². The van der Waals surface area contributed by atoms with Gasteiger partial charge in [-0.25, -0.2) is 9.37 Å². The van der Waals surface area contributed by atoms with Gasteiger partial charge in [0.05, 0.1) is 18.4 Å². The van der Waals surface area contributed by atoms with Crippen molar-refractivity contribution in [3.63, 3.8) is 0 Å². The molecule has 0 saturated carbocycles. The summed E-state index contributed by atoms with van der Waals surface area (Å²) in [6.45, 7) is 1.88. The van der Waals surface area contributed by atoms with E-state index in [1.807, 2.05) is 0 Å². The van der Waals surface area contributed by atoms with E-state index in [2.05, 4.69) is 15.3 Å². The van der Waals surface area contributed by atoms with Crippen molar-refractivity contribution >= 4 is 34.3 Å². The summed E-state index contributed by atoms with van der Waals surface area (Å²) in [6, 6.07) is 8.08. The van der Waals surface area contributed by atoms with Crippen molar-refractivity contribution in [2.24, 2.45) is 0 Å². The lowest BCUT2D eigenvalue weighted by Gasteiger charge is -2.27. The monoisotopic (exact) mass is 448 g/mol. The van der Waals surface area contributed by atoms with E-state index in [0.717, 1.165) is 0 Å². The van der Waals surface area contributed by atoms with E-state index in [9.17, 15) is 18.4 Å². The van der Waals surface area contributed by atoms with Crippen LogP contribution in [0.2, 0.25) is 5.15 Å². The first-order chi connectivity index (χ1) is 14.9. The zero-order valence-corrected chi connectivity index (χ0v) is 17.8. The Bertz CT molecular complexity index is 1060. The Balaban J connectivity index is 1.83. The highest BCUT2D eigenvalue weighted by Crippen LogP contribution is 2.18. The SMILES string of the molecule is CCN(CCCF)C(=O)[C@H](Cc1ccc(F)cc1)NC(=O)c1cc2cc(Cl)ncc2[nH]1. The number of carbonyl (C=O) groups excluding carboxylic acids is 2. The summed E-state index contributed by atoms with van der Waals surface area (Å²) in [7, 11) is 0. The predicted molar refractivity (Wildman–Crippen MR) is 115 cm³/mol. The molecular weight excluding hydrogens is 426 g/mol. The molecule has 2 heterocycles. The number of nitrogens with one attached hydrogen (secondary N) is 2. The molecule has 0 aliphatic rings. The lowest BCUT2D eigenvalue weighted by Crippen LogP contribution is -2.50. The number of fused-ring (bicyclic) bond motifs is 1. The summed E-state index contributed by atoms with van der Waals surface area (Å²) in [5, 5.41) is 3.77. The smallest absolute Gasteiger partial charge is 0.268 e. The molecule has 164 valence electrons. The number of pyridine rings is 1. The molecule has 0 spiro atoms. The number of benzene rings is 1. The van der Waals surface area contributed by atoms with E-state index >= 15 is 0 Å². The molecule has 9 heteroatoms. The van der Waals surface area contributed by atoms with Crippen molar-refractivity contribution in [2.75, 3.05) is 19.8 Å². The zero-order chi connectivity index (χ0) is 22.4. The minimum Gasteiger partial charge on any atom is -0.349 e. The average Bonchev–Trinajstić information content (AvgIpc) is 3.18. The molecule has 3 aromatic rings. The number of hydrogen-bond acceptors (Lipinski definition) is 3. The van der Waals surface area contributed by atoms with Gasteiger partial charge in [-0.05, 0) is 43.2 Å². The van der Waals surface area contributed by atoms with Crippen LogP contribution in [-0.4, -0.2) is 52.5 Å². The van der Waals surface area contributed by atoms with Gasteiger partial charge in [0.15, 0.2) is 0 Å². The first-order valence-electron chi connectivity index (χ1n) is 9.95. The molecule has 0 aliphatic carbocycles. The van der Waals surface area contributed by atoms with Gasteiger partial charge < -0.3 is 15.2 Å². The van der Waals surface area contributed by atoms with Crippen LogP contribution in [0.4, 0.5) is 8.78 Å². The molecular formula is C22H23ClF2N4O2. The molecule has 3 rings (SSSR count). The summed E-state index contributed by atoms with van der Waals surface area (Å²) in [6.07, 6.45) is 1.91. The summed E-state index contributed by atoms with van der Waals surface area (Å²) in [5.74, 6) is -1.19. The van der Waals surface area contributed by atoms with Crippen LogP contribution in [0.5, 0.6) is 0 Å². The van der Waals surface area contributed by atoms with Crippen molar-refractivity contribution in [3.05, 3.63) is 64.8 Å². The zero-order valence-electron chi connectivity index (χ0n) is 17.0. The highest BCUT2D eigenvalue weighted by Gasteiger charge is 2.26. The minimum absolute atomic E-state index is 0.171. The number of rotatable bonds is 9. The maximum absolute atomic E-state index is 13.3. The quantitative estimate of drug-likeness (QED) is 0.487. The van der Waals surface area contributed by atoms with E-state index in [0.29, 0.717) is 28.2 Å². The lowest BCUT2D eigenvalue weighted by molar-refractivity contribution is -0.133. The van der Waals surface area contributed by atoms with Gasteiger partial charge in [-0.2, -0.15) is 0 Å². The van der Waals surface area contributed by atoms with Crippen LogP contribution in [-0.2, 0) is 11.2 Å². The van der Waals surface area contributed by atoms with Crippen LogP contribution in [0, 0.1) is 5.82 Å². The normalized spacial score (nSPS) is 12.0. The van der Waals surface area contributed by atoms with Gasteiger partial charge in [0, 0.05) is 24.9 Å². The maximum atomic E-state index is 13.3. The van der Waals surface area contributed by atoms with Crippen molar-refractivity contribution in [3.8, 4) is 0 Å². The van der Waals surface area contributed by atoms with Gasteiger partial charge in [0.1, 0.15) is 22.7 Å². The van der Waals surface area contributed by atoms with Gasteiger partial charge in [-0.15, -0.1) is 0 Å². The number of hydrogen-bond donors (Lipinski definition) is 2. The van der Waals surface area contributed by atoms with Crippen LogP contribution in [0.25, 0.3) is 10.9 Å². The molecule has 2 N–H and O–H groups in total. The molecule has 6 nitrogen and oxygen atoms in total. The van der Waals surface area contributed by atoms with Crippen molar-refractivity contribution in [2.45, 2.75) is 25.8 Å². The molecule has 2 amide bonds. The van der Waals surface area contributed by atoms with Crippen molar-refractivity contribution < 1.29 is 18.4 Å². The van der Waals surface area contributed by atoms with Crippen LogP contribution in [0.15, 0.2) is 42.6 Å². The van der Waals surface area contributed by atoms with Gasteiger partial charge in [0.2, 0.25) is 5.91 Å².